The molecule has 0 aliphatic carbocycles. The molecule has 2 atom stereocenters. The van der Waals surface area contributed by atoms with E-state index in [1.807, 2.05) is 19.1 Å². The highest BCUT2D eigenvalue weighted by atomic mass is 16.3. The summed E-state index contributed by atoms with van der Waals surface area (Å²) in [6, 6.07) is 0. The van der Waals surface area contributed by atoms with E-state index in [-0.39, 0.29) is 5.92 Å². The normalized spacial score (nSPS) is 19.5. The Morgan fingerprint density at radius 1 is 1.33 bits per heavy atom. The van der Waals surface area contributed by atoms with Crippen LogP contribution >= 0.6 is 0 Å². The van der Waals surface area contributed by atoms with Crippen LogP contribution in [-0.2, 0) is 0 Å². The van der Waals surface area contributed by atoms with Gasteiger partial charge in [0.2, 0.25) is 0 Å². The molecule has 0 unspecified atom stereocenters. The van der Waals surface area contributed by atoms with Crippen molar-refractivity contribution in [1.82, 2.24) is 0 Å². The van der Waals surface area contributed by atoms with Crippen LogP contribution in [0.5, 0.6) is 0 Å². The van der Waals surface area contributed by atoms with Crippen LogP contribution in [0, 0.1) is 11.8 Å². The molecule has 0 aromatic heterocycles. The van der Waals surface area contributed by atoms with Gasteiger partial charge in [-0.1, -0.05) is 39.0 Å². The molecule has 1 nitrogen and oxygen atoms in total. The van der Waals surface area contributed by atoms with Gasteiger partial charge in [0.1, 0.15) is 0 Å². The van der Waals surface area contributed by atoms with E-state index in [4.69, 9.17) is 0 Å². The first-order valence-corrected chi connectivity index (χ1v) is 4.44. The minimum Gasteiger partial charge on any atom is -0.385 e. The van der Waals surface area contributed by atoms with Crippen molar-refractivity contribution in [3.8, 4) is 0 Å². The first-order valence-electron chi connectivity index (χ1n) is 4.44. The van der Waals surface area contributed by atoms with Gasteiger partial charge in [-0.15, -0.1) is 6.58 Å². The average Bonchev–Trinajstić information content (AvgIpc) is 1.99. The van der Waals surface area contributed by atoms with E-state index >= 15 is 0 Å². The summed E-state index contributed by atoms with van der Waals surface area (Å²) < 4.78 is 0. The fourth-order valence-electron chi connectivity index (χ4n) is 0.778. The average molecular weight is 168 g/mol. The summed E-state index contributed by atoms with van der Waals surface area (Å²) in [5, 5.41) is 9.87. The second kappa shape index (κ2) is 4.46. The number of hydrogen-bond acceptors (Lipinski definition) is 1. The molecule has 0 fully saturated rings. The molecule has 1 N–H and O–H groups in total. The van der Waals surface area contributed by atoms with Gasteiger partial charge < -0.3 is 5.11 Å². The molecule has 1 heteroatoms. The predicted octanol–water partition coefficient (Wildman–Crippen LogP) is 2.77. The van der Waals surface area contributed by atoms with Gasteiger partial charge in [0.15, 0.2) is 0 Å². The van der Waals surface area contributed by atoms with E-state index in [0.717, 1.165) is 0 Å². The molecule has 0 aliphatic rings. The Hall–Kier alpha value is -0.560. The second-order valence-corrected chi connectivity index (χ2v) is 3.85. The molecule has 0 heterocycles. The number of rotatable bonds is 4. The molecular formula is C11H20O. The molecule has 0 radical (unpaired) electrons. The lowest BCUT2D eigenvalue weighted by atomic mass is 9.90. The molecule has 0 saturated carbocycles. The zero-order chi connectivity index (χ0) is 9.78. The summed E-state index contributed by atoms with van der Waals surface area (Å²) >= 11 is 0. The van der Waals surface area contributed by atoms with Crippen molar-refractivity contribution in [2.45, 2.75) is 33.3 Å². The molecule has 0 spiro atoms. The fourth-order valence-corrected chi connectivity index (χ4v) is 0.778. The van der Waals surface area contributed by atoms with Crippen LogP contribution in [0.25, 0.3) is 0 Å². The van der Waals surface area contributed by atoms with Gasteiger partial charge in [0.05, 0.1) is 5.60 Å². The van der Waals surface area contributed by atoms with Crippen LogP contribution in [0.15, 0.2) is 24.8 Å². The molecule has 0 amide bonds. The highest BCUT2D eigenvalue weighted by molar-refractivity contribution is 5.05. The lowest BCUT2D eigenvalue weighted by molar-refractivity contribution is 0.0741. The Bertz CT molecular complexity index is 166. The molecule has 0 saturated heterocycles. The minimum absolute atomic E-state index is 0.0903. The molecule has 0 aromatic rings. The third-order valence-corrected chi connectivity index (χ3v) is 2.09. The van der Waals surface area contributed by atoms with Crippen LogP contribution in [0.2, 0.25) is 0 Å². The van der Waals surface area contributed by atoms with Crippen LogP contribution in [0.4, 0.5) is 0 Å². The maximum Gasteiger partial charge on any atom is 0.0859 e. The summed E-state index contributed by atoms with van der Waals surface area (Å²) in [7, 11) is 0. The maximum absolute atomic E-state index is 9.87. The Morgan fingerprint density at radius 3 is 2.17 bits per heavy atom. The number of hydrogen-bond donors (Lipinski definition) is 1. The SMILES string of the molecule is C=C[C@@H](C)[C@@](C)(O)/C=C/C(C)C. The summed E-state index contributed by atoms with van der Waals surface area (Å²) in [4.78, 5) is 0. The monoisotopic (exact) mass is 168 g/mol. The zero-order valence-electron chi connectivity index (χ0n) is 8.54. The molecule has 0 rings (SSSR count). The van der Waals surface area contributed by atoms with Gasteiger partial charge in [-0.25, -0.2) is 0 Å². The Balaban J connectivity index is 4.30. The van der Waals surface area contributed by atoms with Gasteiger partial charge in [0, 0.05) is 5.92 Å². The van der Waals surface area contributed by atoms with Crippen molar-refractivity contribution in [1.29, 1.82) is 0 Å². The topological polar surface area (TPSA) is 20.2 Å². The Kier molecular flexibility index (Phi) is 4.25. The van der Waals surface area contributed by atoms with Gasteiger partial charge in [-0.2, -0.15) is 0 Å². The first-order chi connectivity index (χ1) is 5.40. The van der Waals surface area contributed by atoms with Crippen molar-refractivity contribution in [2.75, 3.05) is 0 Å². The Morgan fingerprint density at radius 2 is 1.83 bits per heavy atom. The highest BCUT2D eigenvalue weighted by Crippen LogP contribution is 2.19. The lowest BCUT2D eigenvalue weighted by Gasteiger charge is -2.24. The van der Waals surface area contributed by atoms with E-state index in [1.165, 1.54) is 0 Å². The van der Waals surface area contributed by atoms with E-state index in [1.54, 1.807) is 13.0 Å². The highest BCUT2D eigenvalue weighted by Gasteiger charge is 2.22. The fraction of sp³-hybridized carbons (Fsp3) is 0.636. The van der Waals surface area contributed by atoms with E-state index in [9.17, 15) is 5.11 Å². The summed E-state index contributed by atoms with van der Waals surface area (Å²) in [5.74, 6) is 0.570. The largest absolute Gasteiger partial charge is 0.385 e. The van der Waals surface area contributed by atoms with Crippen LogP contribution < -0.4 is 0 Å². The standard InChI is InChI=1S/C11H20O/c1-6-10(4)11(5,12)8-7-9(2)3/h6-10,12H,1H2,2-5H3/b8-7+/t10-,11+/m1/s1. The van der Waals surface area contributed by atoms with E-state index < -0.39 is 5.60 Å². The van der Waals surface area contributed by atoms with Crippen molar-refractivity contribution in [2.24, 2.45) is 11.8 Å². The van der Waals surface area contributed by atoms with E-state index in [2.05, 4.69) is 20.4 Å². The van der Waals surface area contributed by atoms with Crippen molar-refractivity contribution < 1.29 is 5.11 Å². The predicted molar refractivity (Wildman–Crippen MR) is 54.0 cm³/mol. The zero-order valence-corrected chi connectivity index (χ0v) is 8.54. The second-order valence-electron chi connectivity index (χ2n) is 3.85. The van der Waals surface area contributed by atoms with Crippen molar-refractivity contribution in [3.63, 3.8) is 0 Å². The quantitative estimate of drug-likeness (QED) is 0.640. The first kappa shape index (κ1) is 11.4. The van der Waals surface area contributed by atoms with Crippen molar-refractivity contribution >= 4 is 0 Å². The molecule has 0 aromatic carbocycles. The van der Waals surface area contributed by atoms with Gasteiger partial charge >= 0.3 is 0 Å². The van der Waals surface area contributed by atoms with Crippen LogP contribution in [0.1, 0.15) is 27.7 Å². The smallest absolute Gasteiger partial charge is 0.0859 e. The lowest BCUT2D eigenvalue weighted by Crippen LogP contribution is -2.28. The van der Waals surface area contributed by atoms with Gasteiger partial charge in [-0.05, 0) is 12.8 Å². The van der Waals surface area contributed by atoms with Gasteiger partial charge in [-0.3, -0.25) is 0 Å². The minimum atomic E-state index is -0.758. The molecule has 0 bridgehead atoms. The molecule has 70 valence electrons. The number of aliphatic hydroxyl groups is 1. The molecule has 12 heavy (non-hydrogen) atoms. The third kappa shape index (κ3) is 3.72. The number of allylic oxidation sites excluding steroid dienone is 1. The van der Waals surface area contributed by atoms with Crippen LogP contribution in [0.3, 0.4) is 0 Å². The van der Waals surface area contributed by atoms with Crippen molar-refractivity contribution in [3.05, 3.63) is 24.8 Å². The van der Waals surface area contributed by atoms with E-state index in [0.29, 0.717) is 5.92 Å². The Labute approximate surface area is 75.8 Å². The summed E-state index contributed by atoms with van der Waals surface area (Å²) in [5.41, 5.74) is -0.758. The molecular weight excluding hydrogens is 148 g/mol. The summed E-state index contributed by atoms with van der Waals surface area (Å²) in [6.45, 7) is 11.6. The summed E-state index contributed by atoms with van der Waals surface area (Å²) in [6.07, 6.45) is 5.63. The third-order valence-electron chi connectivity index (χ3n) is 2.09. The van der Waals surface area contributed by atoms with Crippen LogP contribution in [-0.4, -0.2) is 10.7 Å². The molecule has 0 aliphatic heterocycles. The van der Waals surface area contributed by atoms with Gasteiger partial charge in [0.25, 0.3) is 0 Å². The maximum atomic E-state index is 9.87.